The molecule has 4 aromatic rings. The van der Waals surface area contributed by atoms with Crippen molar-refractivity contribution in [2.75, 3.05) is 19.0 Å². The molecule has 0 fully saturated rings. The van der Waals surface area contributed by atoms with E-state index in [1.165, 1.54) is 0 Å². The van der Waals surface area contributed by atoms with Gasteiger partial charge in [0, 0.05) is 42.9 Å². The average Bonchev–Trinajstić information content (AvgIpc) is 3.31. The number of carbonyl (C=O) groups is 2. The van der Waals surface area contributed by atoms with Gasteiger partial charge in [0.05, 0.1) is 23.8 Å². The SMILES string of the molecule is CC(C)Oc1ccc(C(=O)C(Cc2ccc(N(C)C)cc2)=C(C(=O)[O-])c2ccc3nsnc3c2)cc1.[Na+]. The number of fused-ring (bicyclic) bond motifs is 1. The number of carboxylic acids is 1. The van der Waals surface area contributed by atoms with Crippen molar-refractivity contribution in [2.45, 2.75) is 26.4 Å². The van der Waals surface area contributed by atoms with Gasteiger partial charge in [-0.1, -0.05) is 18.2 Å². The predicted octanol–water partition coefficient (Wildman–Crippen LogP) is 1.18. The molecule has 0 aliphatic rings. The minimum atomic E-state index is -1.43. The van der Waals surface area contributed by atoms with Gasteiger partial charge >= 0.3 is 29.6 Å². The first-order valence-electron chi connectivity index (χ1n) is 11.5. The standard InChI is InChI=1S/C28H27N3O4S.Na/c1-17(2)35-22-12-7-19(8-13-22)27(32)23(15-18-5-10-21(11-6-18)31(3)4)26(28(33)34)20-9-14-24-25(16-20)30-36-29-24;/h5-14,16-17H,15H2,1-4H3,(H,33,34);/q;+1/p-1. The molecular formula is C28H26N3NaO4S. The molecule has 184 valence electrons. The van der Waals surface area contributed by atoms with E-state index in [0.717, 1.165) is 23.0 Å². The Morgan fingerprint density at radius 3 is 2.14 bits per heavy atom. The third-order valence-corrected chi connectivity index (χ3v) is 6.20. The number of allylic oxidation sites excluding steroid dienone is 1. The zero-order chi connectivity index (χ0) is 25.8. The quantitative estimate of drug-likeness (QED) is 0.185. The first-order chi connectivity index (χ1) is 17.2. The summed E-state index contributed by atoms with van der Waals surface area (Å²) in [6.45, 7) is 3.84. The van der Waals surface area contributed by atoms with E-state index in [-0.39, 0.29) is 53.2 Å². The average molecular weight is 524 g/mol. The van der Waals surface area contributed by atoms with Crippen LogP contribution in [0.15, 0.2) is 72.3 Å². The number of aromatic nitrogens is 2. The van der Waals surface area contributed by atoms with Gasteiger partial charge < -0.3 is 19.5 Å². The van der Waals surface area contributed by atoms with Crippen LogP contribution in [-0.2, 0) is 11.2 Å². The van der Waals surface area contributed by atoms with Crippen LogP contribution in [-0.4, -0.2) is 40.7 Å². The maximum atomic E-state index is 13.8. The van der Waals surface area contributed by atoms with Crippen LogP contribution in [0.2, 0.25) is 0 Å². The number of hydrogen-bond donors (Lipinski definition) is 0. The number of rotatable bonds is 9. The Morgan fingerprint density at radius 2 is 1.54 bits per heavy atom. The first kappa shape index (κ1) is 28.5. The third-order valence-electron chi connectivity index (χ3n) is 5.64. The molecule has 3 aromatic carbocycles. The van der Waals surface area contributed by atoms with Crippen LogP contribution in [0.25, 0.3) is 16.6 Å². The maximum absolute atomic E-state index is 13.8. The molecule has 0 saturated carbocycles. The third kappa shape index (κ3) is 6.84. The van der Waals surface area contributed by atoms with Crippen molar-refractivity contribution in [1.29, 1.82) is 0 Å². The molecule has 37 heavy (non-hydrogen) atoms. The molecule has 0 saturated heterocycles. The van der Waals surface area contributed by atoms with Crippen molar-refractivity contribution >= 4 is 45.8 Å². The number of ether oxygens (including phenoxy) is 1. The molecule has 4 rings (SSSR count). The summed E-state index contributed by atoms with van der Waals surface area (Å²) in [5.74, 6) is -1.18. The summed E-state index contributed by atoms with van der Waals surface area (Å²) in [4.78, 5) is 28.2. The van der Waals surface area contributed by atoms with Crippen LogP contribution in [0.4, 0.5) is 5.69 Å². The van der Waals surface area contributed by atoms with Gasteiger partial charge in [-0.05, 0) is 73.5 Å². The van der Waals surface area contributed by atoms with Gasteiger partial charge in [-0.3, -0.25) is 4.79 Å². The number of aliphatic carboxylic acids is 1. The fourth-order valence-electron chi connectivity index (χ4n) is 3.88. The Bertz CT molecular complexity index is 1430. The van der Waals surface area contributed by atoms with Crippen LogP contribution < -0.4 is 44.3 Å². The predicted molar refractivity (Wildman–Crippen MR) is 140 cm³/mol. The van der Waals surface area contributed by atoms with Crippen molar-refractivity contribution in [3.63, 3.8) is 0 Å². The van der Waals surface area contributed by atoms with Gasteiger partial charge in [-0.25, -0.2) is 0 Å². The largest absolute Gasteiger partial charge is 1.00 e. The summed E-state index contributed by atoms with van der Waals surface area (Å²) in [5, 5.41) is 12.5. The smallest absolute Gasteiger partial charge is 0.545 e. The number of hydrogen-bond acceptors (Lipinski definition) is 8. The van der Waals surface area contributed by atoms with Crippen molar-refractivity contribution in [1.82, 2.24) is 8.75 Å². The van der Waals surface area contributed by atoms with Crippen molar-refractivity contribution in [3.05, 3.63) is 89.0 Å². The molecule has 0 atom stereocenters. The van der Waals surface area contributed by atoms with Gasteiger partial charge in [-0.2, -0.15) is 8.75 Å². The van der Waals surface area contributed by atoms with E-state index in [1.807, 2.05) is 57.1 Å². The first-order valence-corrected chi connectivity index (χ1v) is 12.2. The number of carboxylic acid groups (broad SMARTS) is 1. The van der Waals surface area contributed by atoms with Crippen molar-refractivity contribution in [2.24, 2.45) is 0 Å². The van der Waals surface area contributed by atoms with Gasteiger partial charge in [0.2, 0.25) is 0 Å². The molecule has 9 heteroatoms. The van der Waals surface area contributed by atoms with Gasteiger partial charge in [0.25, 0.3) is 0 Å². The zero-order valence-electron chi connectivity index (χ0n) is 21.5. The maximum Gasteiger partial charge on any atom is 1.00 e. The normalized spacial score (nSPS) is 11.6. The van der Waals surface area contributed by atoms with Gasteiger partial charge in [0.1, 0.15) is 16.8 Å². The van der Waals surface area contributed by atoms with Crippen LogP contribution in [0.5, 0.6) is 5.75 Å². The van der Waals surface area contributed by atoms with E-state index in [1.54, 1.807) is 42.5 Å². The number of anilines is 1. The summed E-state index contributed by atoms with van der Waals surface area (Å²) >= 11 is 1.04. The number of Topliss-reactive ketones (excluding diaryl/α,β-unsaturated/α-hetero) is 1. The molecule has 1 heterocycles. The van der Waals surface area contributed by atoms with Crippen LogP contribution in [0.3, 0.4) is 0 Å². The summed E-state index contributed by atoms with van der Waals surface area (Å²) in [6.07, 6.45) is 0.111. The molecule has 7 nitrogen and oxygen atoms in total. The Balaban J connectivity index is 0.00000380. The second-order valence-corrected chi connectivity index (χ2v) is 9.39. The van der Waals surface area contributed by atoms with E-state index < -0.39 is 11.8 Å². The number of benzene rings is 3. The monoisotopic (exact) mass is 523 g/mol. The summed E-state index contributed by atoms with van der Waals surface area (Å²) in [7, 11) is 3.88. The summed E-state index contributed by atoms with van der Waals surface area (Å²) in [6, 6.07) is 19.3. The van der Waals surface area contributed by atoms with Crippen LogP contribution in [0, 0.1) is 0 Å². The number of nitrogens with zero attached hydrogens (tertiary/aromatic N) is 3. The topological polar surface area (TPSA) is 95.5 Å². The fraction of sp³-hybridized carbons (Fsp3) is 0.214. The van der Waals surface area contributed by atoms with E-state index >= 15 is 0 Å². The number of carbonyl (C=O) groups excluding carboxylic acids is 2. The van der Waals surface area contributed by atoms with Crippen LogP contribution in [0.1, 0.15) is 35.3 Å². The van der Waals surface area contributed by atoms with Gasteiger partial charge in [0.15, 0.2) is 5.78 Å². The van der Waals surface area contributed by atoms with E-state index in [2.05, 4.69) is 8.75 Å². The molecular weight excluding hydrogens is 497 g/mol. The minimum absolute atomic E-state index is 0. The van der Waals surface area contributed by atoms with E-state index in [0.29, 0.717) is 27.9 Å². The number of ketones is 1. The minimum Gasteiger partial charge on any atom is -0.545 e. The van der Waals surface area contributed by atoms with Crippen molar-refractivity contribution in [3.8, 4) is 5.75 Å². The second-order valence-electron chi connectivity index (χ2n) is 8.87. The summed E-state index contributed by atoms with van der Waals surface area (Å²) in [5.41, 5.74) is 3.71. The molecule has 0 aliphatic heterocycles. The molecule has 0 unspecified atom stereocenters. The molecule has 0 amide bonds. The van der Waals surface area contributed by atoms with E-state index in [9.17, 15) is 14.7 Å². The van der Waals surface area contributed by atoms with E-state index in [4.69, 9.17) is 4.74 Å². The molecule has 1 aromatic heterocycles. The Morgan fingerprint density at radius 1 is 0.919 bits per heavy atom. The zero-order valence-corrected chi connectivity index (χ0v) is 24.3. The van der Waals surface area contributed by atoms with Crippen LogP contribution >= 0.6 is 11.7 Å². The fourth-order valence-corrected chi connectivity index (χ4v) is 4.40. The van der Waals surface area contributed by atoms with Gasteiger partial charge in [-0.15, -0.1) is 0 Å². The molecule has 0 N–H and O–H groups in total. The summed E-state index contributed by atoms with van der Waals surface area (Å²) < 4.78 is 14.1. The Labute approximate surface area is 242 Å². The second kappa shape index (κ2) is 12.5. The molecule has 0 radical (unpaired) electrons. The Hall–Kier alpha value is -3.04. The molecule has 0 bridgehead atoms. The van der Waals surface area contributed by atoms with Crippen molar-refractivity contribution < 1.29 is 49.0 Å². The molecule has 0 spiro atoms. The Kier molecular flexibility index (Phi) is 9.62. The molecule has 0 aliphatic carbocycles.